The summed E-state index contributed by atoms with van der Waals surface area (Å²) in [4.78, 5) is 24.3. The van der Waals surface area contributed by atoms with Crippen LogP contribution in [0, 0.1) is 0 Å². The fourth-order valence-corrected chi connectivity index (χ4v) is 2.24. The second-order valence-corrected chi connectivity index (χ2v) is 5.77. The number of hydrogen-bond donors (Lipinski definition) is 2. The lowest BCUT2D eigenvalue weighted by Gasteiger charge is -2.26. The van der Waals surface area contributed by atoms with Gasteiger partial charge in [-0.25, -0.2) is 9.97 Å². The molecule has 10 heteroatoms. The average Bonchev–Trinajstić information content (AvgIpc) is 2.57. The molecule has 7 nitrogen and oxygen atoms in total. The maximum atomic E-state index is 12.4. The Bertz CT molecular complexity index is 780. The summed E-state index contributed by atoms with van der Waals surface area (Å²) in [6.07, 6.45) is 2.61. The zero-order valence-electron chi connectivity index (χ0n) is 13.6. The molecule has 2 heterocycles. The van der Waals surface area contributed by atoms with Gasteiger partial charge >= 0.3 is 6.18 Å². The van der Waals surface area contributed by atoms with Crippen molar-refractivity contribution in [3.05, 3.63) is 36.4 Å². The van der Waals surface area contributed by atoms with Crippen LogP contribution in [0.25, 0.3) is 0 Å². The maximum Gasteiger partial charge on any atom is 0.422 e. The van der Waals surface area contributed by atoms with Crippen LogP contribution in [0.4, 0.5) is 24.8 Å². The Morgan fingerprint density at radius 3 is 2.77 bits per heavy atom. The van der Waals surface area contributed by atoms with Crippen molar-refractivity contribution in [3.63, 3.8) is 0 Å². The van der Waals surface area contributed by atoms with E-state index < -0.39 is 18.7 Å². The predicted molar refractivity (Wildman–Crippen MR) is 87.0 cm³/mol. The molecule has 1 fully saturated rings. The molecule has 0 unspecified atom stereocenters. The number of ether oxygens (including phenoxy) is 1. The second kappa shape index (κ2) is 7.54. The van der Waals surface area contributed by atoms with Crippen LogP contribution in [-0.4, -0.2) is 39.7 Å². The Morgan fingerprint density at radius 2 is 2.08 bits per heavy atom. The molecule has 0 spiro atoms. The van der Waals surface area contributed by atoms with E-state index in [1.807, 2.05) is 0 Å². The number of hydrogen-bond acceptors (Lipinski definition) is 6. The van der Waals surface area contributed by atoms with E-state index in [9.17, 15) is 18.0 Å². The number of nitrogens with zero attached hydrogens (tertiary/aromatic N) is 3. The molecule has 0 saturated heterocycles. The summed E-state index contributed by atoms with van der Waals surface area (Å²) < 4.78 is 41.7. The SMILES string of the molecule is O=C(Nc1cnccc1OCC(F)(F)F)c1ccnc(NC2CCC2)n1. The Labute approximate surface area is 147 Å². The molecule has 0 aromatic carbocycles. The first-order valence-electron chi connectivity index (χ1n) is 7.95. The number of carbonyl (C=O) groups is 1. The van der Waals surface area contributed by atoms with Crippen molar-refractivity contribution in [2.75, 3.05) is 17.2 Å². The molecule has 1 aliphatic carbocycles. The highest BCUT2D eigenvalue weighted by Crippen LogP contribution is 2.26. The number of aromatic nitrogens is 3. The van der Waals surface area contributed by atoms with Crippen LogP contribution in [-0.2, 0) is 0 Å². The van der Waals surface area contributed by atoms with Crippen LogP contribution in [0.1, 0.15) is 29.8 Å². The molecule has 2 N–H and O–H groups in total. The minimum atomic E-state index is -4.49. The molecular formula is C16H16F3N5O2. The van der Waals surface area contributed by atoms with Gasteiger partial charge in [0.1, 0.15) is 17.1 Å². The third kappa shape index (κ3) is 4.80. The second-order valence-electron chi connectivity index (χ2n) is 5.77. The van der Waals surface area contributed by atoms with Gasteiger partial charge in [-0.1, -0.05) is 0 Å². The van der Waals surface area contributed by atoms with Gasteiger partial charge in [0.2, 0.25) is 5.95 Å². The van der Waals surface area contributed by atoms with Gasteiger partial charge in [0.05, 0.1) is 6.20 Å². The highest BCUT2D eigenvalue weighted by Gasteiger charge is 2.29. The number of nitrogens with one attached hydrogen (secondary N) is 2. The summed E-state index contributed by atoms with van der Waals surface area (Å²) >= 11 is 0. The van der Waals surface area contributed by atoms with E-state index in [0.29, 0.717) is 12.0 Å². The van der Waals surface area contributed by atoms with E-state index in [0.717, 1.165) is 19.3 Å². The van der Waals surface area contributed by atoms with Crippen molar-refractivity contribution in [3.8, 4) is 5.75 Å². The molecule has 1 amide bonds. The zero-order chi connectivity index (χ0) is 18.6. The molecule has 0 bridgehead atoms. The number of rotatable bonds is 6. The first-order chi connectivity index (χ1) is 12.4. The number of alkyl halides is 3. The van der Waals surface area contributed by atoms with Crippen LogP contribution in [0.3, 0.4) is 0 Å². The molecule has 0 atom stereocenters. The topological polar surface area (TPSA) is 89.0 Å². The lowest BCUT2D eigenvalue weighted by Crippen LogP contribution is -2.28. The van der Waals surface area contributed by atoms with Gasteiger partial charge in [-0.2, -0.15) is 13.2 Å². The molecule has 2 aromatic heterocycles. The number of amides is 1. The Morgan fingerprint density at radius 1 is 1.27 bits per heavy atom. The molecule has 1 saturated carbocycles. The third-order valence-corrected chi connectivity index (χ3v) is 3.75. The van der Waals surface area contributed by atoms with Crippen molar-refractivity contribution in [2.45, 2.75) is 31.5 Å². The number of halogens is 3. The lowest BCUT2D eigenvalue weighted by molar-refractivity contribution is -0.153. The zero-order valence-corrected chi connectivity index (χ0v) is 13.6. The summed E-state index contributed by atoms with van der Waals surface area (Å²) in [6.45, 7) is -1.47. The highest BCUT2D eigenvalue weighted by atomic mass is 19.4. The van der Waals surface area contributed by atoms with Crippen LogP contribution in [0.15, 0.2) is 30.7 Å². The molecule has 0 radical (unpaired) electrons. The minimum Gasteiger partial charge on any atom is -0.482 e. The number of pyridine rings is 1. The molecule has 2 aromatic rings. The van der Waals surface area contributed by atoms with E-state index >= 15 is 0 Å². The number of carbonyl (C=O) groups excluding carboxylic acids is 1. The predicted octanol–water partition coefficient (Wildman–Crippen LogP) is 3.03. The molecule has 3 rings (SSSR count). The first kappa shape index (κ1) is 17.9. The average molecular weight is 367 g/mol. The molecule has 1 aliphatic rings. The first-order valence-corrected chi connectivity index (χ1v) is 7.95. The summed E-state index contributed by atoms with van der Waals surface area (Å²) in [5, 5.41) is 5.58. The molecule has 26 heavy (non-hydrogen) atoms. The van der Waals surface area contributed by atoms with Crippen molar-refractivity contribution in [1.29, 1.82) is 0 Å². The van der Waals surface area contributed by atoms with Crippen LogP contribution in [0.2, 0.25) is 0 Å². The summed E-state index contributed by atoms with van der Waals surface area (Å²) in [5.74, 6) is -0.399. The van der Waals surface area contributed by atoms with Crippen LogP contribution >= 0.6 is 0 Å². The van der Waals surface area contributed by atoms with Gasteiger partial charge in [0.25, 0.3) is 5.91 Å². The molecule has 0 aliphatic heterocycles. The van der Waals surface area contributed by atoms with Gasteiger partial charge in [0, 0.05) is 24.5 Å². The highest BCUT2D eigenvalue weighted by molar-refractivity contribution is 6.03. The fourth-order valence-electron chi connectivity index (χ4n) is 2.24. The van der Waals surface area contributed by atoms with Crippen molar-refractivity contribution in [2.24, 2.45) is 0 Å². The van der Waals surface area contributed by atoms with Crippen molar-refractivity contribution in [1.82, 2.24) is 15.0 Å². The van der Waals surface area contributed by atoms with Crippen LogP contribution in [0.5, 0.6) is 5.75 Å². The largest absolute Gasteiger partial charge is 0.482 e. The summed E-state index contributed by atoms with van der Waals surface area (Å²) in [5.41, 5.74) is 0.0984. The normalized spacial score (nSPS) is 14.4. The van der Waals surface area contributed by atoms with E-state index in [2.05, 4.69) is 25.6 Å². The maximum absolute atomic E-state index is 12.4. The van der Waals surface area contributed by atoms with E-state index in [4.69, 9.17) is 4.74 Å². The Balaban J connectivity index is 1.69. The number of anilines is 2. The quantitative estimate of drug-likeness (QED) is 0.816. The van der Waals surface area contributed by atoms with Gasteiger partial charge in [0.15, 0.2) is 6.61 Å². The van der Waals surface area contributed by atoms with Gasteiger partial charge in [-0.15, -0.1) is 0 Å². The summed E-state index contributed by atoms with van der Waals surface area (Å²) in [6, 6.07) is 2.95. The van der Waals surface area contributed by atoms with Gasteiger partial charge in [-0.3, -0.25) is 9.78 Å². The third-order valence-electron chi connectivity index (χ3n) is 3.75. The van der Waals surface area contributed by atoms with E-state index in [-0.39, 0.29) is 17.1 Å². The fraction of sp³-hybridized carbons (Fsp3) is 0.375. The monoisotopic (exact) mass is 367 g/mol. The molecular weight excluding hydrogens is 351 g/mol. The molecule has 138 valence electrons. The standard InChI is InChI=1S/C16H16F3N5O2/c17-16(18,19)9-26-13-5-6-20-8-12(13)23-14(25)11-4-7-21-15(24-11)22-10-2-1-3-10/h4-8,10H,1-3,9H2,(H,23,25)(H,21,22,24). The van der Waals surface area contributed by atoms with E-state index in [1.54, 1.807) is 0 Å². The lowest BCUT2D eigenvalue weighted by atomic mass is 9.93. The van der Waals surface area contributed by atoms with Gasteiger partial charge < -0.3 is 15.4 Å². The Hall–Kier alpha value is -2.91. The smallest absolute Gasteiger partial charge is 0.422 e. The van der Waals surface area contributed by atoms with Crippen LogP contribution < -0.4 is 15.4 Å². The van der Waals surface area contributed by atoms with Crippen molar-refractivity contribution < 1.29 is 22.7 Å². The van der Waals surface area contributed by atoms with E-state index in [1.165, 1.54) is 30.7 Å². The summed E-state index contributed by atoms with van der Waals surface area (Å²) in [7, 11) is 0. The van der Waals surface area contributed by atoms with Crippen molar-refractivity contribution >= 4 is 17.5 Å². The Kier molecular flexibility index (Phi) is 5.19. The van der Waals surface area contributed by atoms with Gasteiger partial charge in [-0.05, 0) is 25.3 Å². The minimum absolute atomic E-state index is 0.0221.